The number of benzene rings is 1. The van der Waals surface area contributed by atoms with Crippen molar-refractivity contribution in [3.63, 3.8) is 0 Å². The Bertz CT molecular complexity index is 755. The van der Waals surface area contributed by atoms with Crippen LogP contribution in [0.1, 0.15) is 49.7 Å². The van der Waals surface area contributed by atoms with E-state index >= 15 is 0 Å². The van der Waals surface area contributed by atoms with Gasteiger partial charge in [0, 0.05) is 21.9 Å². The number of aromatic nitrogens is 2. The highest BCUT2D eigenvalue weighted by Crippen LogP contribution is 2.41. The number of halogens is 2. The molecule has 2 atom stereocenters. The molecule has 0 fully saturated rings. The normalized spacial score (nSPS) is 20.7. The number of aliphatic hydroxyl groups excluding tert-OH is 1. The zero-order valence-electron chi connectivity index (χ0n) is 14.2. The molecular formula is C17H21Cl2N3O2. The topological polar surface area (TPSA) is 62.4 Å². The van der Waals surface area contributed by atoms with E-state index in [1.807, 2.05) is 38.8 Å². The second kappa shape index (κ2) is 6.30. The Hall–Kier alpha value is -1.14. The number of aliphatic hydroxyl groups is 1. The Kier molecular flexibility index (Phi) is 4.64. The largest absolute Gasteiger partial charge is 0.391 e. The Morgan fingerprint density at radius 1 is 1.33 bits per heavy atom. The van der Waals surface area contributed by atoms with Gasteiger partial charge < -0.3 is 9.63 Å². The Morgan fingerprint density at radius 3 is 2.67 bits per heavy atom. The molecule has 0 spiro atoms. The molecule has 0 bridgehead atoms. The van der Waals surface area contributed by atoms with Crippen LogP contribution in [0.5, 0.6) is 0 Å². The number of nitrogens with zero attached hydrogens (tertiary/aromatic N) is 3. The summed E-state index contributed by atoms with van der Waals surface area (Å²) >= 11 is 12.4. The van der Waals surface area contributed by atoms with E-state index in [0.29, 0.717) is 34.7 Å². The standard InChI is InChI=1S/C17H21Cl2N3O2/c1-17(2,3)16-20-14(21-24-16)8-22(4)15-11-5-9(18)6-12(19)10(11)7-13(15)23/h5-6,13,15,23H,7-8H2,1-4H3/t13-,15+/m1/s1. The van der Waals surface area contributed by atoms with Crippen LogP contribution in [0.25, 0.3) is 0 Å². The van der Waals surface area contributed by atoms with Crippen LogP contribution in [-0.4, -0.2) is 33.3 Å². The minimum atomic E-state index is -0.546. The summed E-state index contributed by atoms with van der Waals surface area (Å²) < 4.78 is 5.33. The summed E-state index contributed by atoms with van der Waals surface area (Å²) in [6, 6.07) is 3.38. The molecule has 5 nitrogen and oxygen atoms in total. The molecule has 1 heterocycles. The molecular weight excluding hydrogens is 349 g/mol. The zero-order valence-corrected chi connectivity index (χ0v) is 15.7. The number of rotatable bonds is 3. The van der Waals surface area contributed by atoms with Gasteiger partial charge >= 0.3 is 0 Å². The van der Waals surface area contributed by atoms with Gasteiger partial charge in [0.25, 0.3) is 0 Å². The monoisotopic (exact) mass is 369 g/mol. The van der Waals surface area contributed by atoms with Crippen molar-refractivity contribution in [2.24, 2.45) is 0 Å². The summed E-state index contributed by atoms with van der Waals surface area (Å²) in [5.74, 6) is 1.19. The van der Waals surface area contributed by atoms with Crippen LogP contribution in [0.15, 0.2) is 16.7 Å². The molecule has 0 aliphatic heterocycles. The molecule has 0 radical (unpaired) electrons. The fourth-order valence-electron chi connectivity index (χ4n) is 3.11. The molecule has 0 amide bonds. The van der Waals surface area contributed by atoms with E-state index in [-0.39, 0.29) is 11.5 Å². The smallest absolute Gasteiger partial charge is 0.232 e. The van der Waals surface area contributed by atoms with Crippen molar-refractivity contribution in [2.45, 2.75) is 51.3 Å². The van der Waals surface area contributed by atoms with Crippen molar-refractivity contribution in [3.05, 3.63) is 45.0 Å². The molecule has 0 saturated heterocycles. The predicted molar refractivity (Wildman–Crippen MR) is 93.4 cm³/mol. The van der Waals surface area contributed by atoms with Gasteiger partial charge in [-0.3, -0.25) is 4.90 Å². The van der Waals surface area contributed by atoms with Gasteiger partial charge in [-0.05, 0) is 30.3 Å². The Morgan fingerprint density at radius 2 is 2.04 bits per heavy atom. The minimum absolute atomic E-state index is 0.190. The lowest BCUT2D eigenvalue weighted by molar-refractivity contribution is 0.0707. The van der Waals surface area contributed by atoms with Crippen LogP contribution in [-0.2, 0) is 18.4 Å². The average Bonchev–Trinajstić information content (AvgIpc) is 3.02. The summed E-state index contributed by atoms with van der Waals surface area (Å²) in [6.45, 7) is 6.53. The van der Waals surface area contributed by atoms with Crippen molar-refractivity contribution in [1.82, 2.24) is 15.0 Å². The number of hydrogen-bond acceptors (Lipinski definition) is 5. The third-order valence-corrected chi connectivity index (χ3v) is 4.82. The van der Waals surface area contributed by atoms with E-state index in [1.165, 1.54) is 0 Å². The average molecular weight is 370 g/mol. The van der Waals surface area contributed by atoms with Gasteiger partial charge in [0.15, 0.2) is 5.82 Å². The lowest BCUT2D eigenvalue weighted by atomic mass is 9.97. The number of likely N-dealkylation sites (N-methyl/N-ethyl adjacent to an activating group) is 1. The minimum Gasteiger partial charge on any atom is -0.391 e. The second-order valence-electron chi connectivity index (χ2n) is 7.35. The summed E-state index contributed by atoms with van der Waals surface area (Å²) in [5, 5.41) is 15.7. The van der Waals surface area contributed by atoms with Gasteiger partial charge in [0.2, 0.25) is 5.89 Å². The lowest BCUT2D eigenvalue weighted by Gasteiger charge is -2.26. The molecule has 130 valence electrons. The molecule has 0 saturated carbocycles. The molecule has 1 aromatic carbocycles. The van der Waals surface area contributed by atoms with Crippen molar-refractivity contribution >= 4 is 23.2 Å². The van der Waals surface area contributed by atoms with Crippen LogP contribution in [0.3, 0.4) is 0 Å². The maximum atomic E-state index is 10.5. The van der Waals surface area contributed by atoms with E-state index in [4.69, 9.17) is 27.7 Å². The predicted octanol–water partition coefficient (Wildman–Crippen LogP) is 3.76. The molecule has 1 N–H and O–H groups in total. The van der Waals surface area contributed by atoms with Gasteiger partial charge in [0.1, 0.15) is 0 Å². The first kappa shape index (κ1) is 17.7. The highest BCUT2D eigenvalue weighted by Gasteiger charge is 2.36. The second-order valence-corrected chi connectivity index (χ2v) is 8.20. The molecule has 7 heteroatoms. The molecule has 2 aromatic rings. The maximum Gasteiger partial charge on any atom is 0.232 e. The van der Waals surface area contributed by atoms with E-state index in [1.54, 1.807) is 6.07 Å². The van der Waals surface area contributed by atoms with E-state index in [9.17, 15) is 5.11 Å². The third-order valence-electron chi connectivity index (χ3n) is 4.27. The molecule has 3 rings (SSSR count). The highest BCUT2D eigenvalue weighted by molar-refractivity contribution is 6.35. The van der Waals surface area contributed by atoms with Crippen LogP contribution in [0.2, 0.25) is 10.0 Å². The van der Waals surface area contributed by atoms with Crippen molar-refractivity contribution in [1.29, 1.82) is 0 Å². The number of hydrogen-bond donors (Lipinski definition) is 1. The first-order valence-corrected chi connectivity index (χ1v) is 8.61. The maximum absolute atomic E-state index is 10.5. The summed E-state index contributed by atoms with van der Waals surface area (Å²) in [5.41, 5.74) is 1.72. The van der Waals surface area contributed by atoms with E-state index < -0.39 is 6.10 Å². The van der Waals surface area contributed by atoms with Gasteiger partial charge in [-0.15, -0.1) is 0 Å². The van der Waals surface area contributed by atoms with Crippen molar-refractivity contribution in [3.8, 4) is 0 Å². The van der Waals surface area contributed by atoms with Gasteiger partial charge in [-0.2, -0.15) is 4.98 Å². The van der Waals surface area contributed by atoms with Crippen molar-refractivity contribution < 1.29 is 9.63 Å². The van der Waals surface area contributed by atoms with Gasteiger partial charge in [-0.25, -0.2) is 0 Å². The van der Waals surface area contributed by atoms with Crippen LogP contribution >= 0.6 is 23.2 Å². The first-order valence-electron chi connectivity index (χ1n) is 7.86. The van der Waals surface area contributed by atoms with E-state index in [0.717, 1.165) is 11.1 Å². The summed E-state index contributed by atoms with van der Waals surface area (Å²) in [6.07, 6.45) is -0.0326. The third kappa shape index (κ3) is 3.31. The zero-order chi connectivity index (χ0) is 17.6. The fourth-order valence-corrected chi connectivity index (χ4v) is 3.69. The van der Waals surface area contributed by atoms with E-state index in [2.05, 4.69) is 10.1 Å². The molecule has 24 heavy (non-hydrogen) atoms. The summed E-state index contributed by atoms with van der Waals surface area (Å²) in [4.78, 5) is 6.46. The summed E-state index contributed by atoms with van der Waals surface area (Å²) in [7, 11) is 1.92. The van der Waals surface area contributed by atoms with Crippen LogP contribution < -0.4 is 0 Å². The molecule has 0 unspecified atom stereocenters. The fraction of sp³-hybridized carbons (Fsp3) is 0.529. The SMILES string of the molecule is CN(Cc1noc(C(C)(C)C)n1)[C@H]1c2cc(Cl)cc(Cl)c2C[C@H]1O. The van der Waals surface area contributed by atoms with Crippen LogP contribution in [0, 0.1) is 0 Å². The Balaban J connectivity index is 1.84. The molecule has 1 aliphatic rings. The lowest BCUT2D eigenvalue weighted by Crippen LogP contribution is -2.31. The van der Waals surface area contributed by atoms with Gasteiger partial charge in [0.05, 0.1) is 18.7 Å². The van der Waals surface area contributed by atoms with Crippen LogP contribution in [0.4, 0.5) is 0 Å². The molecule has 1 aliphatic carbocycles. The first-order chi connectivity index (χ1) is 11.2. The quantitative estimate of drug-likeness (QED) is 0.891. The van der Waals surface area contributed by atoms with Crippen molar-refractivity contribution in [2.75, 3.05) is 7.05 Å². The van der Waals surface area contributed by atoms with Gasteiger partial charge in [-0.1, -0.05) is 49.1 Å². The highest BCUT2D eigenvalue weighted by atomic mass is 35.5. The Labute approximate surface area is 151 Å². The number of fused-ring (bicyclic) bond motifs is 1. The molecule has 1 aromatic heterocycles.